The molecular weight excluding hydrogens is 205 g/mol. The van der Waals surface area contributed by atoms with Crippen molar-refractivity contribution in [1.29, 1.82) is 5.26 Å². The second kappa shape index (κ2) is 6.50. The summed E-state index contributed by atoms with van der Waals surface area (Å²) in [5, 5.41) is 9.18. The Bertz CT molecular complexity index is 420. The number of nitriles is 1. The van der Waals surface area contributed by atoms with Gasteiger partial charge in [-0.3, -0.25) is 0 Å². The second-order valence-electron chi connectivity index (χ2n) is 3.38. The summed E-state index contributed by atoms with van der Waals surface area (Å²) in [6, 6.07) is 22.0. The van der Waals surface area contributed by atoms with Gasteiger partial charge in [-0.2, -0.15) is 5.26 Å². The number of hydrogen-bond donors (Lipinski definition) is 0. The normalized spacial score (nSPS) is 9.25. The van der Waals surface area contributed by atoms with Gasteiger partial charge in [0.25, 0.3) is 0 Å². The van der Waals surface area contributed by atoms with Gasteiger partial charge in [0.2, 0.25) is 0 Å². The van der Waals surface area contributed by atoms with E-state index in [1.165, 1.54) is 0 Å². The van der Waals surface area contributed by atoms with Crippen LogP contribution in [0.2, 0.25) is 0 Å². The zero-order chi connectivity index (χ0) is 10.5. The topological polar surface area (TPSA) is 23.8 Å². The SMILES string of the molecule is N#CC(c1ccccc1)c1ccccc1.[Na+]. The fraction of sp³-hybridized carbons (Fsp3) is 0.0714. The third-order valence-corrected chi connectivity index (χ3v) is 2.39. The van der Waals surface area contributed by atoms with Crippen molar-refractivity contribution in [3.05, 3.63) is 71.8 Å². The molecule has 0 amide bonds. The molecule has 0 bridgehead atoms. The molecule has 0 spiro atoms. The van der Waals surface area contributed by atoms with E-state index < -0.39 is 0 Å². The fourth-order valence-electron chi connectivity index (χ4n) is 1.63. The van der Waals surface area contributed by atoms with Gasteiger partial charge in [-0.05, 0) is 11.1 Å². The molecule has 0 saturated heterocycles. The number of nitrogens with zero attached hydrogens (tertiary/aromatic N) is 1. The minimum atomic E-state index is -0.160. The summed E-state index contributed by atoms with van der Waals surface area (Å²) in [7, 11) is 0. The van der Waals surface area contributed by atoms with Gasteiger partial charge >= 0.3 is 29.6 Å². The quantitative estimate of drug-likeness (QED) is 0.664. The molecule has 0 saturated carbocycles. The summed E-state index contributed by atoms with van der Waals surface area (Å²) in [6.45, 7) is 0. The molecule has 1 nitrogen and oxygen atoms in total. The molecule has 0 N–H and O–H groups in total. The molecule has 0 aromatic heterocycles. The van der Waals surface area contributed by atoms with E-state index in [-0.39, 0.29) is 35.5 Å². The van der Waals surface area contributed by atoms with Gasteiger partial charge in [0, 0.05) is 0 Å². The Labute approximate surface area is 118 Å². The number of hydrogen-bond acceptors (Lipinski definition) is 1. The van der Waals surface area contributed by atoms with E-state index in [1.807, 2.05) is 60.7 Å². The van der Waals surface area contributed by atoms with Crippen LogP contribution in [0.15, 0.2) is 60.7 Å². The third-order valence-electron chi connectivity index (χ3n) is 2.39. The first kappa shape index (κ1) is 13.0. The van der Waals surface area contributed by atoms with Crippen LogP contribution in [0.5, 0.6) is 0 Å². The molecule has 2 aromatic rings. The molecule has 16 heavy (non-hydrogen) atoms. The molecule has 0 aliphatic carbocycles. The zero-order valence-corrected chi connectivity index (χ0v) is 11.3. The first-order valence-electron chi connectivity index (χ1n) is 4.91. The van der Waals surface area contributed by atoms with Crippen molar-refractivity contribution in [3.8, 4) is 6.07 Å². The molecule has 72 valence electrons. The maximum Gasteiger partial charge on any atom is 1.00 e. The van der Waals surface area contributed by atoms with E-state index in [0.717, 1.165) is 11.1 Å². The maximum atomic E-state index is 9.18. The van der Waals surface area contributed by atoms with Crippen molar-refractivity contribution in [1.82, 2.24) is 0 Å². The Morgan fingerprint density at radius 2 is 1.12 bits per heavy atom. The van der Waals surface area contributed by atoms with E-state index >= 15 is 0 Å². The molecule has 0 aliphatic rings. The average Bonchev–Trinajstić information content (AvgIpc) is 2.33. The van der Waals surface area contributed by atoms with Crippen LogP contribution in [0.3, 0.4) is 0 Å². The molecule has 0 fully saturated rings. The van der Waals surface area contributed by atoms with Crippen LogP contribution in [-0.4, -0.2) is 0 Å². The smallest absolute Gasteiger partial charge is 0.197 e. The Hall–Kier alpha value is -1.07. The van der Waals surface area contributed by atoms with Crippen molar-refractivity contribution in [3.63, 3.8) is 0 Å². The van der Waals surface area contributed by atoms with E-state index in [0.29, 0.717) is 0 Å². The Balaban J connectivity index is 0.00000128. The summed E-state index contributed by atoms with van der Waals surface area (Å²) in [5.74, 6) is -0.160. The molecule has 0 unspecified atom stereocenters. The molecule has 0 radical (unpaired) electrons. The summed E-state index contributed by atoms with van der Waals surface area (Å²) in [4.78, 5) is 0. The van der Waals surface area contributed by atoms with Crippen LogP contribution in [0, 0.1) is 11.3 Å². The van der Waals surface area contributed by atoms with Crippen LogP contribution >= 0.6 is 0 Å². The van der Waals surface area contributed by atoms with Gasteiger partial charge in [-0.1, -0.05) is 60.7 Å². The van der Waals surface area contributed by atoms with E-state index in [9.17, 15) is 5.26 Å². The van der Waals surface area contributed by atoms with Gasteiger partial charge < -0.3 is 0 Å². The van der Waals surface area contributed by atoms with Crippen molar-refractivity contribution in [2.75, 3.05) is 0 Å². The minimum absolute atomic E-state index is 0. The van der Waals surface area contributed by atoms with Crippen LogP contribution in [0.4, 0.5) is 0 Å². The van der Waals surface area contributed by atoms with Gasteiger partial charge in [0.15, 0.2) is 0 Å². The molecule has 0 heterocycles. The molecule has 2 aromatic carbocycles. The molecule has 2 rings (SSSR count). The number of benzene rings is 2. The standard InChI is InChI=1S/C14H11N.Na/c15-11-14(12-7-3-1-4-8-12)13-9-5-2-6-10-13;/h1-10,14H;/q;+1. The van der Waals surface area contributed by atoms with Crippen molar-refractivity contribution < 1.29 is 29.6 Å². The maximum absolute atomic E-state index is 9.18. The number of rotatable bonds is 2. The van der Waals surface area contributed by atoms with Gasteiger partial charge in [0.1, 0.15) is 0 Å². The van der Waals surface area contributed by atoms with Crippen LogP contribution in [0.25, 0.3) is 0 Å². The fourth-order valence-corrected chi connectivity index (χ4v) is 1.63. The predicted molar refractivity (Wildman–Crippen MR) is 60.3 cm³/mol. The zero-order valence-electron chi connectivity index (χ0n) is 9.30. The predicted octanol–water partition coefficient (Wildman–Crippen LogP) is 0.346. The Kier molecular flexibility index (Phi) is 5.28. The van der Waals surface area contributed by atoms with Crippen LogP contribution in [0.1, 0.15) is 17.0 Å². The van der Waals surface area contributed by atoms with Crippen LogP contribution in [-0.2, 0) is 0 Å². The average molecular weight is 216 g/mol. The molecular formula is C14H11NNa+. The molecule has 2 heteroatoms. The molecule has 0 aliphatic heterocycles. The van der Waals surface area contributed by atoms with Crippen LogP contribution < -0.4 is 29.6 Å². The summed E-state index contributed by atoms with van der Waals surface area (Å²) < 4.78 is 0. The van der Waals surface area contributed by atoms with Crippen molar-refractivity contribution in [2.45, 2.75) is 5.92 Å². The minimum Gasteiger partial charge on any atom is -0.197 e. The van der Waals surface area contributed by atoms with E-state index in [2.05, 4.69) is 6.07 Å². The monoisotopic (exact) mass is 216 g/mol. The van der Waals surface area contributed by atoms with E-state index in [1.54, 1.807) is 0 Å². The first-order chi connectivity index (χ1) is 7.42. The first-order valence-corrected chi connectivity index (χ1v) is 4.91. The van der Waals surface area contributed by atoms with Gasteiger partial charge in [-0.25, -0.2) is 0 Å². The molecule has 0 atom stereocenters. The summed E-state index contributed by atoms with van der Waals surface area (Å²) in [6.07, 6.45) is 0. The van der Waals surface area contributed by atoms with E-state index in [4.69, 9.17) is 0 Å². The van der Waals surface area contributed by atoms with Crippen molar-refractivity contribution >= 4 is 0 Å². The van der Waals surface area contributed by atoms with Gasteiger partial charge in [-0.15, -0.1) is 0 Å². The summed E-state index contributed by atoms with van der Waals surface area (Å²) >= 11 is 0. The second-order valence-corrected chi connectivity index (χ2v) is 3.38. The summed E-state index contributed by atoms with van der Waals surface area (Å²) in [5.41, 5.74) is 2.09. The third kappa shape index (κ3) is 2.96. The van der Waals surface area contributed by atoms with Crippen molar-refractivity contribution in [2.24, 2.45) is 0 Å². The Morgan fingerprint density at radius 1 is 0.750 bits per heavy atom. The van der Waals surface area contributed by atoms with Gasteiger partial charge in [0.05, 0.1) is 12.0 Å². The largest absolute Gasteiger partial charge is 1.00 e. The Morgan fingerprint density at radius 3 is 1.44 bits per heavy atom.